The molecule has 0 spiro atoms. The first-order valence-corrected chi connectivity index (χ1v) is 5.55. The van der Waals surface area contributed by atoms with Crippen molar-refractivity contribution in [2.24, 2.45) is 5.92 Å². The van der Waals surface area contributed by atoms with Crippen molar-refractivity contribution in [2.75, 3.05) is 0 Å². The van der Waals surface area contributed by atoms with E-state index in [0.29, 0.717) is 6.04 Å². The van der Waals surface area contributed by atoms with E-state index < -0.39 is 0 Å². The van der Waals surface area contributed by atoms with E-state index in [1.165, 1.54) is 19.3 Å². The van der Waals surface area contributed by atoms with Gasteiger partial charge in [0.2, 0.25) is 0 Å². The molecule has 2 nitrogen and oxygen atoms in total. The molecule has 0 saturated heterocycles. The largest absolute Gasteiger partial charge is 0.392 e. The average Bonchev–Trinajstić information content (AvgIpc) is 2.80. The standard InChI is InChI=1S/C11H21NO/c1-11(2,8-6-7-8)12-9-4-3-5-10(9)13/h8-10,12-13H,3-7H2,1-2H3/t9-,10-/m0/s1. The highest BCUT2D eigenvalue weighted by atomic mass is 16.3. The molecule has 76 valence electrons. The molecular formula is C11H21NO. The minimum Gasteiger partial charge on any atom is -0.392 e. The first-order valence-electron chi connectivity index (χ1n) is 5.55. The molecule has 0 aromatic carbocycles. The molecule has 2 rings (SSSR count). The maximum absolute atomic E-state index is 9.69. The Morgan fingerprint density at radius 1 is 1.15 bits per heavy atom. The normalized spacial score (nSPS) is 35.3. The molecular weight excluding hydrogens is 162 g/mol. The van der Waals surface area contributed by atoms with E-state index in [-0.39, 0.29) is 11.6 Å². The van der Waals surface area contributed by atoms with Crippen LogP contribution in [0.4, 0.5) is 0 Å². The minimum atomic E-state index is -0.0991. The summed E-state index contributed by atoms with van der Waals surface area (Å²) < 4.78 is 0. The fourth-order valence-corrected chi connectivity index (χ4v) is 2.51. The van der Waals surface area contributed by atoms with E-state index in [1.54, 1.807) is 0 Å². The summed E-state index contributed by atoms with van der Waals surface area (Å²) in [4.78, 5) is 0. The second kappa shape index (κ2) is 3.25. The lowest BCUT2D eigenvalue weighted by Gasteiger charge is -2.31. The Balaban J connectivity index is 1.88. The van der Waals surface area contributed by atoms with Gasteiger partial charge in [-0.1, -0.05) is 0 Å². The zero-order valence-electron chi connectivity index (χ0n) is 8.71. The Morgan fingerprint density at radius 3 is 2.31 bits per heavy atom. The van der Waals surface area contributed by atoms with Crippen LogP contribution in [0, 0.1) is 5.92 Å². The fourth-order valence-electron chi connectivity index (χ4n) is 2.51. The van der Waals surface area contributed by atoms with Gasteiger partial charge in [0.1, 0.15) is 0 Å². The highest BCUT2D eigenvalue weighted by Gasteiger charge is 2.40. The zero-order chi connectivity index (χ0) is 9.47. The summed E-state index contributed by atoms with van der Waals surface area (Å²) in [5.74, 6) is 0.847. The lowest BCUT2D eigenvalue weighted by Crippen LogP contribution is -2.50. The molecule has 13 heavy (non-hydrogen) atoms. The molecule has 0 aromatic heterocycles. The van der Waals surface area contributed by atoms with Gasteiger partial charge >= 0.3 is 0 Å². The molecule has 2 saturated carbocycles. The number of hydrogen-bond acceptors (Lipinski definition) is 2. The van der Waals surface area contributed by atoms with Gasteiger partial charge in [-0.25, -0.2) is 0 Å². The lowest BCUT2D eigenvalue weighted by molar-refractivity contribution is 0.127. The molecule has 2 aliphatic rings. The van der Waals surface area contributed by atoms with Crippen molar-refractivity contribution in [1.29, 1.82) is 0 Å². The van der Waals surface area contributed by atoms with Crippen molar-refractivity contribution in [3.8, 4) is 0 Å². The van der Waals surface area contributed by atoms with Gasteiger partial charge in [0.05, 0.1) is 6.10 Å². The van der Waals surface area contributed by atoms with Crippen molar-refractivity contribution in [1.82, 2.24) is 5.32 Å². The summed E-state index contributed by atoms with van der Waals surface area (Å²) in [5.41, 5.74) is 0.246. The van der Waals surface area contributed by atoms with Gasteiger partial charge in [-0.2, -0.15) is 0 Å². The average molecular weight is 183 g/mol. The second-order valence-corrected chi connectivity index (χ2v) is 5.25. The molecule has 2 atom stereocenters. The molecule has 2 aliphatic carbocycles. The number of hydrogen-bond donors (Lipinski definition) is 2. The third-order valence-electron chi connectivity index (χ3n) is 3.63. The van der Waals surface area contributed by atoms with Crippen LogP contribution in [0.15, 0.2) is 0 Å². The van der Waals surface area contributed by atoms with E-state index in [2.05, 4.69) is 19.2 Å². The maximum atomic E-state index is 9.69. The van der Waals surface area contributed by atoms with Gasteiger partial charge in [-0.3, -0.25) is 0 Å². The number of aliphatic hydroxyl groups excluding tert-OH is 1. The first-order chi connectivity index (χ1) is 6.09. The molecule has 0 aliphatic heterocycles. The molecule has 0 bridgehead atoms. The maximum Gasteiger partial charge on any atom is 0.0693 e. The topological polar surface area (TPSA) is 32.3 Å². The number of nitrogens with one attached hydrogen (secondary N) is 1. The van der Waals surface area contributed by atoms with Crippen LogP contribution in [0.25, 0.3) is 0 Å². The van der Waals surface area contributed by atoms with Crippen LogP contribution < -0.4 is 5.32 Å². The van der Waals surface area contributed by atoms with Crippen molar-refractivity contribution < 1.29 is 5.11 Å². The van der Waals surface area contributed by atoms with Crippen LogP contribution in [-0.2, 0) is 0 Å². The summed E-state index contributed by atoms with van der Waals surface area (Å²) in [6.45, 7) is 4.55. The Hall–Kier alpha value is -0.0800. The third-order valence-corrected chi connectivity index (χ3v) is 3.63. The summed E-state index contributed by atoms with van der Waals surface area (Å²) in [6.07, 6.45) is 5.94. The van der Waals surface area contributed by atoms with Crippen molar-refractivity contribution in [3.05, 3.63) is 0 Å². The highest BCUT2D eigenvalue weighted by Crippen LogP contribution is 2.40. The SMILES string of the molecule is CC(C)(N[C@H]1CCC[C@@H]1O)C1CC1. The van der Waals surface area contributed by atoms with E-state index in [0.717, 1.165) is 18.8 Å². The van der Waals surface area contributed by atoms with Gasteiger partial charge in [0.15, 0.2) is 0 Å². The van der Waals surface area contributed by atoms with Gasteiger partial charge in [0, 0.05) is 11.6 Å². The van der Waals surface area contributed by atoms with E-state index >= 15 is 0 Å². The Morgan fingerprint density at radius 2 is 1.85 bits per heavy atom. The third kappa shape index (κ3) is 2.05. The Bertz CT molecular complexity index is 187. The van der Waals surface area contributed by atoms with E-state index in [9.17, 15) is 5.11 Å². The predicted molar refractivity (Wildman–Crippen MR) is 53.6 cm³/mol. The molecule has 2 heteroatoms. The Kier molecular flexibility index (Phi) is 2.37. The summed E-state index contributed by atoms with van der Waals surface area (Å²) in [6, 6.07) is 0.357. The van der Waals surface area contributed by atoms with Gasteiger partial charge in [0.25, 0.3) is 0 Å². The second-order valence-electron chi connectivity index (χ2n) is 5.25. The minimum absolute atomic E-state index is 0.0991. The van der Waals surface area contributed by atoms with Crippen LogP contribution in [0.2, 0.25) is 0 Å². The molecule has 0 amide bonds. The monoisotopic (exact) mass is 183 g/mol. The summed E-state index contributed by atoms with van der Waals surface area (Å²) >= 11 is 0. The van der Waals surface area contributed by atoms with Crippen molar-refractivity contribution >= 4 is 0 Å². The van der Waals surface area contributed by atoms with Gasteiger partial charge < -0.3 is 10.4 Å². The van der Waals surface area contributed by atoms with Crippen molar-refractivity contribution in [3.63, 3.8) is 0 Å². The van der Waals surface area contributed by atoms with E-state index in [1.807, 2.05) is 0 Å². The first kappa shape index (κ1) is 9.47. The summed E-state index contributed by atoms with van der Waals surface area (Å²) in [7, 11) is 0. The van der Waals surface area contributed by atoms with Gasteiger partial charge in [-0.05, 0) is 51.9 Å². The van der Waals surface area contributed by atoms with Crippen molar-refractivity contribution in [2.45, 2.75) is 63.6 Å². The van der Waals surface area contributed by atoms with E-state index in [4.69, 9.17) is 0 Å². The lowest BCUT2D eigenvalue weighted by atomic mass is 9.96. The van der Waals surface area contributed by atoms with Crippen LogP contribution >= 0.6 is 0 Å². The molecule has 2 fully saturated rings. The Labute approximate surface area is 80.7 Å². The van der Waals surface area contributed by atoms with Gasteiger partial charge in [-0.15, -0.1) is 0 Å². The summed E-state index contributed by atoms with van der Waals surface area (Å²) in [5, 5.41) is 13.3. The number of aliphatic hydroxyl groups is 1. The predicted octanol–water partition coefficient (Wildman–Crippen LogP) is 1.68. The molecule has 0 aromatic rings. The fraction of sp³-hybridized carbons (Fsp3) is 1.00. The van der Waals surface area contributed by atoms with Crippen LogP contribution in [0.3, 0.4) is 0 Å². The highest BCUT2D eigenvalue weighted by molar-refractivity contribution is 4.98. The molecule has 0 heterocycles. The number of rotatable bonds is 3. The molecule has 0 radical (unpaired) electrons. The zero-order valence-corrected chi connectivity index (χ0v) is 8.71. The van der Waals surface area contributed by atoms with Crippen LogP contribution in [-0.4, -0.2) is 22.8 Å². The quantitative estimate of drug-likeness (QED) is 0.697. The molecule has 0 unspecified atom stereocenters. The van der Waals surface area contributed by atoms with Crippen LogP contribution in [0.1, 0.15) is 46.0 Å². The smallest absolute Gasteiger partial charge is 0.0693 e. The molecule has 2 N–H and O–H groups in total. The van der Waals surface area contributed by atoms with Crippen LogP contribution in [0.5, 0.6) is 0 Å².